The Morgan fingerprint density at radius 1 is 0.533 bits per heavy atom. The molecule has 0 aliphatic carbocycles. The van der Waals surface area contributed by atoms with Crippen LogP contribution in [0.15, 0.2) is 12.2 Å². The Balaban J connectivity index is 3.47. The van der Waals surface area contributed by atoms with Gasteiger partial charge < -0.3 is 25.7 Å². The summed E-state index contributed by atoms with van der Waals surface area (Å²) in [5, 5.41) is 42.4. The van der Waals surface area contributed by atoms with Crippen LogP contribution in [0.5, 0.6) is 0 Å². The first-order valence-electron chi connectivity index (χ1n) is 19.6. The molecule has 0 aliphatic rings. The lowest BCUT2D eigenvalue weighted by Crippen LogP contribution is -2.53. The van der Waals surface area contributed by atoms with Gasteiger partial charge in [-0.15, -0.1) is 0 Å². The normalized spacial score (nSPS) is 14.5. The summed E-state index contributed by atoms with van der Waals surface area (Å²) in [5.41, 5.74) is 0. The van der Waals surface area contributed by atoms with Crippen LogP contribution in [0.1, 0.15) is 200 Å². The van der Waals surface area contributed by atoms with Crippen LogP contribution < -0.4 is 5.32 Å². The monoisotopic (exact) mass is 640 g/mol. The van der Waals surface area contributed by atoms with Crippen molar-refractivity contribution in [3.05, 3.63) is 12.2 Å². The molecule has 0 saturated carbocycles. The van der Waals surface area contributed by atoms with Gasteiger partial charge in [-0.2, -0.15) is 0 Å². The Labute approximate surface area is 279 Å². The van der Waals surface area contributed by atoms with Gasteiger partial charge in [0.25, 0.3) is 0 Å². The van der Waals surface area contributed by atoms with Gasteiger partial charge in [0.1, 0.15) is 12.2 Å². The molecule has 0 fully saturated rings. The zero-order chi connectivity index (χ0) is 33.2. The number of aliphatic hydroxyl groups is 4. The Kier molecular flexibility index (Phi) is 33.7. The number of rotatable bonds is 35. The molecule has 0 rings (SSSR count). The van der Waals surface area contributed by atoms with E-state index in [1.807, 2.05) is 6.92 Å². The van der Waals surface area contributed by atoms with Crippen LogP contribution in [0.2, 0.25) is 0 Å². The summed E-state index contributed by atoms with van der Waals surface area (Å²) in [7, 11) is 0. The largest absolute Gasteiger partial charge is 0.394 e. The quantitative estimate of drug-likeness (QED) is 0.0350. The number of amides is 1. The SMILES string of the molecule is CCCCCCCCCCCCCC/C=C\CCCCCCCCCCCCCC(O)C(=O)NC(CO)C(O)C(O)CCCC. The molecule has 45 heavy (non-hydrogen) atoms. The molecule has 0 aromatic heterocycles. The summed E-state index contributed by atoms with van der Waals surface area (Å²) in [6.07, 6.45) is 36.6. The van der Waals surface area contributed by atoms with Crippen LogP contribution in [0.25, 0.3) is 0 Å². The molecule has 0 spiro atoms. The lowest BCUT2D eigenvalue weighted by Gasteiger charge is -2.27. The second-order valence-electron chi connectivity index (χ2n) is 13.6. The Morgan fingerprint density at radius 2 is 0.911 bits per heavy atom. The Bertz CT molecular complexity index is 643. The average Bonchev–Trinajstić information content (AvgIpc) is 3.05. The highest BCUT2D eigenvalue weighted by molar-refractivity contribution is 5.80. The molecule has 268 valence electrons. The number of nitrogens with one attached hydrogen (secondary N) is 1. The van der Waals surface area contributed by atoms with Crippen molar-refractivity contribution in [2.24, 2.45) is 0 Å². The maximum absolute atomic E-state index is 12.3. The van der Waals surface area contributed by atoms with E-state index in [2.05, 4.69) is 24.4 Å². The topological polar surface area (TPSA) is 110 Å². The third kappa shape index (κ3) is 29.0. The summed E-state index contributed by atoms with van der Waals surface area (Å²) < 4.78 is 0. The fourth-order valence-corrected chi connectivity index (χ4v) is 6.03. The first-order chi connectivity index (χ1) is 22.0. The molecule has 0 heterocycles. The van der Waals surface area contributed by atoms with E-state index in [0.717, 1.165) is 32.1 Å². The number of allylic oxidation sites excluding steroid dienone is 2. The fraction of sp³-hybridized carbons (Fsp3) is 0.923. The van der Waals surface area contributed by atoms with Crippen molar-refractivity contribution in [3.63, 3.8) is 0 Å². The molecule has 1 amide bonds. The van der Waals surface area contributed by atoms with E-state index in [-0.39, 0.29) is 0 Å². The van der Waals surface area contributed by atoms with Crippen LogP contribution >= 0.6 is 0 Å². The van der Waals surface area contributed by atoms with Crippen LogP contribution in [0.4, 0.5) is 0 Å². The summed E-state index contributed by atoms with van der Waals surface area (Å²) in [4.78, 5) is 12.3. The van der Waals surface area contributed by atoms with Crippen molar-refractivity contribution < 1.29 is 25.2 Å². The number of unbranched alkanes of at least 4 members (excludes halogenated alkanes) is 24. The van der Waals surface area contributed by atoms with E-state index >= 15 is 0 Å². The number of carbonyl (C=O) groups excluding carboxylic acids is 1. The molecule has 0 aromatic carbocycles. The minimum atomic E-state index is -1.25. The minimum absolute atomic E-state index is 0.368. The molecule has 6 nitrogen and oxygen atoms in total. The lowest BCUT2D eigenvalue weighted by molar-refractivity contribution is -0.132. The van der Waals surface area contributed by atoms with Gasteiger partial charge in [0.15, 0.2) is 0 Å². The maximum atomic E-state index is 12.3. The van der Waals surface area contributed by atoms with Crippen molar-refractivity contribution in [2.45, 2.75) is 224 Å². The molecule has 4 unspecified atom stereocenters. The molecule has 4 atom stereocenters. The van der Waals surface area contributed by atoms with Gasteiger partial charge in [0, 0.05) is 0 Å². The Morgan fingerprint density at radius 3 is 1.31 bits per heavy atom. The third-order valence-electron chi connectivity index (χ3n) is 9.23. The summed E-state index contributed by atoms with van der Waals surface area (Å²) >= 11 is 0. The van der Waals surface area contributed by atoms with Crippen LogP contribution in [0, 0.1) is 0 Å². The van der Waals surface area contributed by atoms with Gasteiger partial charge in [0.2, 0.25) is 5.91 Å². The van der Waals surface area contributed by atoms with Crippen LogP contribution in [-0.4, -0.2) is 57.3 Å². The molecule has 0 saturated heterocycles. The zero-order valence-corrected chi connectivity index (χ0v) is 29.9. The number of carbonyl (C=O) groups is 1. The van der Waals surface area contributed by atoms with Crippen molar-refractivity contribution >= 4 is 5.91 Å². The highest BCUT2D eigenvalue weighted by atomic mass is 16.3. The molecule has 6 heteroatoms. The fourth-order valence-electron chi connectivity index (χ4n) is 6.03. The minimum Gasteiger partial charge on any atom is -0.394 e. The molecular weight excluding hydrogens is 562 g/mol. The van der Waals surface area contributed by atoms with E-state index < -0.39 is 36.9 Å². The highest BCUT2D eigenvalue weighted by Gasteiger charge is 2.28. The van der Waals surface area contributed by atoms with E-state index in [4.69, 9.17) is 0 Å². The first kappa shape index (κ1) is 44.0. The number of hydrogen-bond acceptors (Lipinski definition) is 5. The van der Waals surface area contributed by atoms with Gasteiger partial charge in [0.05, 0.1) is 18.8 Å². The van der Waals surface area contributed by atoms with E-state index in [9.17, 15) is 25.2 Å². The first-order valence-corrected chi connectivity index (χ1v) is 19.6. The van der Waals surface area contributed by atoms with Gasteiger partial charge in [-0.1, -0.05) is 174 Å². The second kappa shape index (κ2) is 34.4. The van der Waals surface area contributed by atoms with Crippen molar-refractivity contribution in [1.29, 1.82) is 0 Å². The van der Waals surface area contributed by atoms with E-state index in [1.54, 1.807) is 0 Å². The Hall–Kier alpha value is -0.950. The molecule has 5 N–H and O–H groups in total. The molecule has 0 bridgehead atoms. The second-order valence-corrected chi connectivity index (χ2v) is 13.6. The van der Waals surface area contributed by atoms with E-state index in [1.165, 1.54) is 141 Å². The highest BCUT2D eigenvalue weighted by Crippen LogP contribution is 2.15. The van der Waals surface area contributed by atoms with Gasteiger partial charge in [-0.3, -0.25) is 4.79 Å². The number of hydrogen-bond donors (Lipinski definition) is 5. The lowest BCUT2D eigenvalue weighted by atomic mass is 10.0. The van der Waals surface area contributed by atoms with Crippen molar-refractivity contribution in [3.8, 4) is 0 Å². The third-order valence-corrected chi connectivity index (χ3v) is 9.23. The van der Waals surface area contributed by atoms with Gasteiger partial charge in [-0.25, -0.2) is 0 Å². The summed E-state index contributed by atoms with van der Waals surface area (Å²) in [5.74, 6) is -0.596. The molecule has 0 aliphatic heterocycles. The van der Waals surface area contributed by atoms with Crippen molar-refractivity contribution in [1.82, 2.24) is 5.32 Å². The molecule has 0 radical (unpaired) electrons. The zero-order valence-electron chi connectivity index (χ0n) is 29.9. The van der Waals surface area contributed by atoms with Gasteiger partial charge >= 0.3 is 0 Å². The predicted molar refractivity (Wildman–Crippen MR) is 191 cm³/mol. The van der Waals surface area contributed by atoms with Gasteiger partial charge in [-0.05, 0) is 38.5 Å². The molecular formula is C39H77NO5. The average molecular weight is 640 g/mol. The van der Waals surface area contributed by atoms with Crippen LogP contribution in [0.3, 0.4) is 0 Å². The van der Waals surface area contributed by atoms with E-state index in [0.29, 0.717) is 12.8 Å². The standard InChI is InChI=1S/C39H77NO5/c1-3-5-7-8-9-10-11-12-13-14-15-16-17-18-19-20-21-22-23-24-25-26-27-28-29-30-31-33-37(43)39(45)40-35(34-41)38(44)36(42)32-6-4-2/h18-19,35-38,41-44H,3-17,20-34H2,1-2H3,(H,40,45)/b19-18-. The van der Waals surface area contributed by atoms with Crippen LogP contribution in [-0.2, 0) is 4.79 Å². The number of aliphatic hydroxyl groups excluding tert-OH is 4. The summed E-state index contributed by atoms with van der Waals surface area (Å²) in [6, 6.07) is -0.977. The molecule has 0 aromatic rings. The van der Waals surface area contributed by atoms with Crippen molar-refractivity contribution in [2.75, 3.05) is 6.61 Å². The maximum Gasteiger partial charge on any atom is 0.249 e. The predicted octanol–water partition coefficient (Wildman–Crippen LogP) is 9.46. The smallest absolute Gasteiger partial charge is 0.249 e. The summed E-state index contributed by atoms with van der Waals surface area (Å²) in [6.45, 7) is 3.79.